The summed E-state index contributed by atoms with van der Waals surface area (Å²) in [5.41, 5.74) is 1.10. The molecule has 1 aromatic rings. The zero-order chi connectivity index (χ0) is 13.9. The third-order valence-corrected chi connectivity index (χ3v) is 3.37. The number of halogens is 2. The van der Waals surface area contributed by atoms with E-state index >= 15 is 0 Å². The lowest BCUT2D eigenvalue weighted by atomic mass is 10.1. The van der Waals surface area contributed by atoms with Crippen LogP contribution in [0.25, 0.3) is 0 Å². The fourth-order valence-corrected chi connectivity index (χ4v) is 2.13. The summed E-state index contributed by atoms with van der Waals surface area (Å²) >= 11 is 12.0. The standard InChI is InChI=1S/C14H22Cl2N2O/c1-19-10-9-18-7-2-6-17-8-5-12-11-13(15)3-4-14(12)16/h3-4,11,17-18H,2,5-10H2,1H3. The molecule has 0 spiro atoms. The number of hydrogen-bond donors (Lipinski definition) is 2. The molecule has 0 aliphatic carbocycles. The van der Waals surface area contributed by atoms with Crippen molar-refractivity contribution in [1.29, 1.82) is 0 Å². The summed E-state index contributed by atoms with van der Waals surface area (Å²) in [6.45, 7) is 4.60. The second-order valence-corrected chi connectivity index (χ2v) is 5.18. The van der Waals surface area contributed by atoms with Crippen LogP contribution < -0.4 is 10.6 Å². The molecule has 0 aliphatic heterocycles. The van der Waals surface area contributed by atoms with E-state index in [0.717, 1.165) is 61.2 Å². The molecule has 0 atom stereocenters. The van der Waals surface area contributed by atoms with Gasteiger partial charge in [-0.3, -0.25) is 0 Å². The van der Waals surface area contributed by atoms with Crippen molar-refractivity contribution in [3.05, 3.63) is 33.8 Å². The first-order chi connectivity index (χ1) is 9.24. The molecule has 0 aliphatic rings. The van der Waals surface area contributed by atoms with Crippen molar-refractivity contribution in [3.8, 4) is 0 Å². The third-order valence-electron chi connectivity index (χ3n) is 2.77. The highest BCUT2D eigenvalue weighted by molar-refractivity contribution is 6.33. The van der Waals surface area contributed by atoms with E-state index in [-0.39, 0.29) is 0 Å². The van der Waals surface area contributed by atoms with Gasteiger partial charge in [-0.15, -0.1) is 0 Å². The molecule has 0 fully saturated rings. The molecule has 0 radical (unpaired) electrons. The fraction of sp³-hybridized carbons (Fsp3) is 0.571. The molecular weight excluding hydrogens is 283 g/mol. The molecule has 0 aromatic heterocycles. The monoisotopic (exact) mass is 304 g/mol. The highest BCUT2D eigenvalue weighted by atomic mass is 35.5. The van der Waals surface area contributed by atoms with Gasteiger partial charge in [-0.05, 0) is 56.2 Å². The first-order valence-electron chi connectivity index (χ1n) is 6.58. The Morgan fingerprint density at radius 3 is 2.53 bits per heavy atom. The van der Waals surface area contributed by atoms with Gasteiger partial charge in [0.25, 0.3) is 0 Å². The van der Waals surface area contributed by atoms with E-state index in [1.54, 1.807) is 7.11 Å². The number of rotatable bonds is 10. The van der Waals surface area contributed by atoms with Crippen LogP contribution in [0.4, 0.5) is 0 Å². The van der Waals surface area contributed by atoms with Crippen LogP contribution in [0.15, 0.2) is 18.2 Å². The molecule has 0 heterocycles. The SMILES string of the molecule is COCCNCCCNCCc1cc(Cl)ccc1Cl. The molecule has 0 amide bonds. The van der Waals surface area contributed by atoms with Crippen LogP contribution in [0, 0.1) is 0 Å². The lowest BCUT2D eigenvalue weighted by Gasteiger charge is -2.07. The Morgan fingerprint density at radius 1 is 1.05 bits per heavy atom. The van der Waals surface area contributed by atoms with Gasteiger partial charge >= 0.3 is 0 Å². The molecular formula is C14H22Cl2N2O. The number of methoxy groups -OCH3 is 1. The van der Waals surface area contributed by atoms with Crippen LogP contribution in [0.1, 0.15) is 12.0 Å². The normalized spacial score (nSPS) is 10.9. The maximum Gasteiger partial charge on any atom is 0.0587 e. The second-order valence-electron chi connectivity index (χ2n) is 4.33. The van der Waals surface area contributed by atoms with Crippen LogP contribution >= 0.6 is 23.2 Å². The average molecular weight is 305 g/mol. The van der Waals surface area contributed by atoms with Crippen molar-refractivity contribution >= 4 is 23.2 Å². The van der Waals surface area contributed by atoms with E-state index < -0.39 is 0 Å². The van der Waals surface area contributed by atoms with Gasteiger partial charge in [0.1, 0.15) is 0 Å². The van der Waals surface area contributed by atoms with E-state index in [0.29, 0.717) is 0 Å². The number of hydrogen-bond acceptors (Lipinski definition) is 3. The Labute approximate surface area is 125 Å². The van der Waals surface area contributed by atoms with E-state index in [2.05, 4.69) is 10.6 Å². The Bertz CT molecular complexity index is 361. The Kier molecular flexibility index (Phi) is 9.22. The predicted octanol–water partition coefficient (Wildman–Crippen LogP) is 2.75. The Morgan fingerprint density at radius 2 is 1.79 bits per heavy atom. The van der Waals surface area contributed by atoms with Gasteiger partial charge in [-0.1, -0.05) is 23.2 Å². The molecule has 0 unspecified atom stereocenters. The Balaban J connectivity index is 2.03. The van der Waals surface area contributed by atoms with E-state index in [9.17, 15) is 0 Å². The summed E-state index contributed by atoms with van der Waals surface area (Å²) in [6.07, 6.45) is 2.00. The zero-order valence-corrected chi connectivity index (χ0v) is 12.9. The summed E-state index contributed by atoms with van der Waals surface area (Å²) in [6, 6.07) is 5.59. The Hall–Kier alpha value is -0.320. The molecule has 19 heavy (non-hydrogen) atoms. The van der Waals surface area contributed by atoms with Crippen molar-refractivity contribution < 1.29 is 4.74 Å². The largest absolute Gasteiger partial charge is 0.383 e. The molecule has 0 saturated carbocycles. The van der Waals surface area contributed by atoms with Gasteiger partial charge in [0.2, 0.25) is 0 Å². The molecule has 0 saturated heterocycles. The van der Waals surface area contributed by atoms with E-state index in [4.69, 9.17) is 27.9 Å². The van der Waals surface area contributed by atoms with Crippen molar-refractivity contribution in [2.75, 3.05) is 39.9 Å². The molecule has 1 rings (SSSR count). The van der Waals surface area contributed by atoms with Gasteiger partial charge in [-0.2, -0.15) is 0 Å². The quantitative estimate of drug-likeness (QED) is 0.652. The number of nitrogens with one attached hydrogen (secondary N) is 2. The molecule has 3 nitrogen and oxygen atoms in total. The molecule has 108 valence electrons. The lowest BCUT2D eigenvalue weighted by Crippen LogP contribution is -2.25. The van der Waals surface area contributed by atoms with Crippen molar-refractivity contribution in [1.82, 2.24) is 10.6 Å². The number of ether oxygens (including phenoxy) is 1. The first-order valence-corrected chi connectivity index (χ1v) is 7.34. The minimum absolute atomic E-state index is 0.738. The van der Waals surface area contributed by atoms with Crippen molar-refractivity contribution in [2.24, 2.45) is 0 Å². The summed E-state index contributed by atoms with van der Waals surface area (Å²) < 4.78 is 4.96. The van der Waals surface area contributed by atoms with Crippen molar-refractivity contribution in [2.45, 2.75) is 12.8 Å². The van der Waals surface area contributed by atoms with Crippen LogP contribution in [0.3, 0.4) is 0 Å². The van der Waals surface area contributed by atoms with E-state index in [1.807, 2.05) is 18.2 Å². The van der Waals surface area contributed by atoms with Gasteiger partial charge < -0.3 is 15.4 Å². The fourth-order valence-electron chi connectivity index (χ4n) is 1.72. The lowest BCUT2D eigenvalue weighted by molar-refractivity contribution is 0.199. The summed E-state index contributed by atoms with van der Waals surface area (Å²) in [5.74, 6) is 0. The highest BCUT2D eigenvalue weighted by Crippen LogP contribution is 2.20. The summed E-state index contributed by atoms with van der Waals surface area (Å²) in [4.78, 5) is 0. The van der Waals surface area contributed by atoms with Crippen molar-refractivity contribution in [3.63, 3.8) is 0 Å². The average Bonchev–Trinajstić information content (AvgIpc) is 2.40. The molecule has 2 N–H and O–H groups in total. The van der Waals surface area contributed by atoms with Crippen LogP contribution in [-0.4, -0.2) is 39.9 Å². The minimum atomic E-state index is 0.738. The molecule has 0 bridgehead atoms. The summed E-state index contributed by atoms with van der Waals surface area (Å²) in [7, 11) is 1.71. The first kappa shape index (κ1) is 16.7. The maximum atomic E-state index is 6.10. The summed E-state index contributed by atoms with van der Waals surface area (Å²) in [5, 5.41) is 8.23. The topological polar surface area (TPSA) is 33.3 Å². The van der Waals surface area contributed by atoms with Crippen LogP contribution in [-0.2, 0) is 11.2 Å². The minimum Gasteiger partial charge on any atom is -0.383 e. The van der Waals surface area contributed by atoms with Gasteiger partial charge in [0.15, 0.2) is 0 Å². The maximum absolute atomic E-state index is 6.10. The van der Waals surface area contributed by atoms with Gasteiger partial charge in [0, 0.05) is 23.7 Å². The highest BCUT2D eigenvalue weighted by Gasteiger charge is 2.00. The van der Waals surface area contributed by atoms with Crippen LogP contribution in [0.5, 0.6) is 0 Å². The van der Waals surface area contributed by atoms with Gasteiger partial charge in [-0.25, -0.2) is 0 Å². The third kappa shape index (κ3) is 7.75. The van der Waals surface area contributed by atoms with Crippen LogP contribution in [0.2, 0.25) is 10.0 Å². The molecule has 1 aromatic carbocycles. The van der Waals surface area contributed by atoms with Gasteiger partial charge in [0.05, 0.1) is 6.61 Å². The zero-order valence-electron chi connectivity index (χ0n) is 11.3. The second kappa shape index (κ2) is 10.5. The predicted molar refractivity (Wildman–Crippen MR) is 82.4 cm³/mol. The number of benzene rings is 1. The van der Waals surface area contributed by atoms with E-state index in [1.165, 1.54) is 0 Å². The molecule has 5 heteroatoms. The smallest absolute Gasteiger partial charge is 0.0587 e.